The van der Waals surface area contributed by atoms with Crippen molar-refractivity contribution < 1.29 is 4.74 Å². The van der Waals surface area contributed by atoms with E-state index in [1.54, 1.807) is 11.3 Å². The number of nitrogens with one attached hydrogen (secondary N) is 1. The molecule has 5 heteroatoms. The maximum atomic E-state index is 5.86. The number of hydrogen-bond donors (Lipinski definition) is 1. The maximum Gasteiger partial charge on any atom is 0.193 e. The highest BCUT2D eigenvalue weighted by molar-refractivity contribution is 7.15. The van der Waals surface area contributed by atoms with E-state index in [4.69, 9.17) is 4.74 Å². The summed E-state index contributed by atoms with van der Waals surface area (Å²) >= 11 is 1.63. The summed E-state index contributed by atoms with van der Waals surface area (Å²) < 4.78 is 7.88. The fourth-order valence-corrected chi connectivity index (χ4v) is 3.02. The van der Waals surface area contributed by atoms with Crippen molar-refractivity contribution in [2.45, 2.75) is 26.5 Å². The first kappa shape index (κ1) is 14.1. The van der Waals surface area contributed by atoms with Gasteiger partial charge in [0.15, 0.2) is 4.96 Å². The highest BCUT2D eigenvalue weighted by Gasteiger charge is 2.06. The van der Waals surface area contributed by atoms with E-state index in [1.807, 2.05) is 34.3 Å². The molecule has 1 aromatic carbocycles. The summed E-state index contributed by atoms with van der Waals surface area (Å²) in [6, 6.07) is 8.56. The summed E-state index contributed by atoms with van der Waals surface area (Å²) in [6.07, 6.45) is 4.02. The molecule has 4 nitrogen and oxygen atoms in total. The molecule has 0 saturated carbocycles. The molecule has 2 aromatic heterocycles. The molecule has 110 valence electrons. The van der Waals surface area contributed by atoms with Gasteiger partial charge in [-0.1, -0.05) is 19.1 Å². The van der Waals surface area contributed by atoms with Crippen LogP contribution in [0.15, 0.2) is 42.0 Å². The third kappa shape index (κ3) is 3.25. The van der Waals surface area contributed by atoms with Crippen molar-refractivity contribution in [3.05, 3.63) is 53.3 Å². The molecule has 0 spiro atoms. The number of benzene rings is 1. The Kier molecular flexibility index (Phi) is 4.22. The van der Waals surface area contributed by atoms with Crippen molar-refractivity contribution >= 4 is 16.3 Å². The summed E-state index contributed by atoms with van der Waals surface area (Å²) in [5.41, 5.74) is 2.19. The highest BCUT2D eigenvalue weighted by Crippen LogP contribution is 2.20. The number of thiazole rings is 1. The van der Waals surface area contributed by atoms with E-state index < -0.39 is 0 Å². The third-order valence-corrected chi connectivity index (χ3v) is 4.17. The topological polar surface area (TPSA) is 38.6 Å². The summed E-state index contributed by atoms with van der Waals surface area (Å²) in [5, 5.41) is 5.43. The SMILES string of the molecule is CCNC(C)c1cccc(OCc2cn3ccsc3n2)c1. The Balaban J connectivity index is 1.67. The molecule has 0 aliphatic heterocycles. The first-order chi connectivity index (χ1) is 10.3. The van der Waals surface area contributed by atoms with Crippen LogP contribution in [0, 0.1) is 0 Å². The second-order valence-corrected chi connectivity index (χ2v) is 5.84. The van der Waals surface area contributed by atoms with Gasteiger partial charge in [-0.15, -0.1) is 11.3 Å². The van der Waals surface area contributed by atoms with E-state index in [0.717, 1.165) is 22.9 Å². The molecule has 0 radical (unpaired) electrons. The minimum atomic E-state index is 0.330. The number of rotatable bonds is 6. The molecule has 3 aromatic rings. The lowest BCUT2D eigenvalue weighted by Gasteiger charge is -2.14. The van der Waals surface area contributed by atoms with Crippen molar-refractivity contribution in [3.63, 3.8) is 0 Å². The molecule has 0 fully saturated rings. The Labute approximate surface area is 128 Å². The number of fused-ring (bicyclic) bond motifs is 1. The number of aromatic nitrogens is 2. The number of imidazole rings is 1. The maximum absolute atomic E-state index is 5.86. The van der Waals surface area contributed by atoms with Crippen LogP contribution in [0.25, 0.3) is 4.96 Å². The Bertz CT molecular complexity index is 690. The molecule has 1 atom stereocenters. The molecule has 0 saturated heterocycles. The van der Waals surface area contributed by atoms with Gasteiger partial charge in [0.05, 0.1) is 5.69 Å². The minimum Gasteiger partial charge on any atom is -0.487 e. The summed E-state index contributed by atoms with van der Waals surface area (Å²) in [4.78, 5) is 5.52. The van der Waals surface area contributed by atoms with E-state index in [-0.39, 0.29) is 0 Å². The van der Waals surface area contributed by atoms with Gasteiger partial charge in [-0.25, -0.2) is 4.98 Å². The van der Waals surface area contributed by atoms with Crippen LogP contribution in [0.2, 0.25) is 0 Å². The second-order valence-electron chi connectivity index (χ2n) is 4.97. The van der Waals surface area contributed by atoms with E-state index in [9.17, 15) is 0 Å². The lowest BCUT2D eigenvalue weighted by Crippen LogP contribution is -2.17. The predicted octanol–water partition coefficient (Wildman–Crippen LogP) is 3.65. The van der Waals surface area contributed by atoms with Gasteiger partial charge in [-0.05, 0) is 31.2 Å². The average molecular weight is 301 g/mol. The van der Waals surface area contributed by atoms with Gasteiger partial charge in [0, 0.05) is 23.8 Å². The van der Waals surface area contributed by atoms with Gasteiger partial charge < -0.3 is 10.1 Å². The first-order valence-electron chi connectivity index (χ1n) is 7.13. The Morgan fingerprint density at radius 3 is 3.14 bits per heavy atom. The molecule has 0 aliphatic carbocycles. The van der Waals surface area contributed by atoms with Gasteiger partial charge >= 0.3 is 0 Å². The smallest absolute Gasteiger partial charge is 0.193 e. The van der Waals surface area contributed by atoms with Crippen molar-refractivity contribution in [1.82, 2.24) is 14.7 Å². The van der Waals surface area contributed by atoms with Crippen LogP contribution in [-0.4, -0.2) is 15.9 Å². The predicted molar refractivity (Wildman–Crippen MR) is 85.9 cm³/mol. The molecule has 1 unspecified atom stereocenters. The lowest BCUT2D eigenvalue weighted by atomic mass is 10.1. The van der Waals surface area contributed by atoms with E-state index in [0.29, 0.717) is 12.6 Å². The highest BCUT2D eigenvalue weighted by atomic mass is 32.1. The Morgan fingerprint density at radius 1 is 1.43 bits per heavy atom. The standard InChI is InChI=1S/C16H19N3OS/c1-3-17-12(2)13-5-4-6-15(9-13)20-11-14-10-19-7-8-21-16(19)18-14/h4-10,12,17H,3,11H2,1-2H3. The van der Waals surface area contributed by atoms with E-state index >= 15 is 0 Å². The number of hydrogen-bond acceptors (Lipinski definition) is 4. The lowest BCUT2D eigenvalue weighted by molar-refractivity contribution is 0.301. The van der Waals surface area contributed by atoms with Gasteiger partial charge in [0.25, 0.3) is 0 Å². The quantitative estimate of drug-likeness (QED) is 0.755. The van der Waals surface area contributed by atoms with Crippen LogP contribution >= 0.6 is 11.3 Å². The second kappa shape index (κ2) is 6.28. The van der Waals surface area contributed by atoms with Crippen LogP contribution < -0.4 is 10.1 Å². The van der Waals surface area contributed by atoms with Crippen molar-refractivity contribution in [2.24, 2.45) is 0 Å². The molecule has 0 amide bonds. The van der Waals surface area contributed by atoms with Crippen LogP contribution in [0.5, 0.6) is 5.75 Å². The molecule has 1 N–H and O–H groups in total. The zero-order chi connectivity index (χ0) is 14.7. The van der Waals surface area contributed by atoms with E-state index in [2.05, 4.69) is 36.3 Å². The summed E-state index contributed by atoms with van der Waals surface area (Å²) in [6.45, 7) is 5.72. The van der Waals surface area contributed by atoms with Crippen LogP contribution in [0.4, 0.5) is 0 Å². The van der Waals surface area contributed by atoms with Crippen molar-refractivity contribution in [1.29, 1.82) is 0 Å². The fraction of sp³-hybridized carbons (Fsp3) is 0.312. The van der Waals surface area contributed by atoms with Gasteiger partial charge in [-0.2, -0.15) is 0 Å². The Hall–Kier alpha value is -1.85. The Morgan fingerprint density at radius 2 is 2.33 bits per heavy atom. The van der Waals surface area contributed by atoms with Crippen LogP contribution in [-0.2, 0) is 6.61 Å². The number of ether oxygens (including phenoxy) is 1. The first-order valence-corrected chi connectivity index (χ1v) is 8.01. The molecular weight excluding hydrogens is 282 g/mol. The molecule has 0 aliphatic rings. The third-order valence-electron chi connectivity index (χ3n) is 3.40. The molecule has 3 rings (SSSR count). The van der Waals surface area contributed by atoms with Crippen LogP contribution in [0.3, 0.4) is 0 Å². The van der Waals surface area contributed by atoms with Gasteiger partial charge in [0.1, 0.15) is 12.4 Å². The summed E-state index contributed by atoms with van der Waals surface area (Å²) in [5.74, 6) is 0.883. The normalized spacial score (nSPS) is 12.7. The molecule has 0 bridgehead atoms. The largest absolute Gasteiger partial charge is 0.487 e. The van der Waals surface area contributed by atoms with Crippen LogP contribution in [0.1, 0.15) is 31.1 Å². The molecule has 2 heterocycles. The van der Waals surface area contributed by atoms with Crippen molar-refractivity contribution in [2.75, 3.05) is 6.54 Å². The van der Waals surface area contributed by atoms with E-state index in [1.165, 1.54) is 5.56 Å². The average Bonchev–Trinajstić information content (AvgIpc) is 3.07. The monoisotopic (exact) mass is 301 g/mol. The van der Waals surface area contributed by atoms with Crippen molar-refractivity contribution in [3.8, 4) is 5.75 Å². The minimum absolute atomic E-state index is 0.330. The zero-order valence-corrected chi connectivity index (χ0v) is 13.1. The molecule has 21 heavy (non-hydrogen) atoms. The summed E-state index contributed by atoms with van der Waals surface area (Å²) in [7, 11) is 0. The molecular formula is C16H19N3OS. The fourth-order valence-electron chi connectivity index (χ4n) is 2.30. The zero-order valence-electron chi connectivity index (χ0n) is 12.2. The van der Waals surface area contributed by atoms with Gasteiger partial charge in [-0.3, -0.25) is 4.40 Å². The van der Waals surface area contributed by atoms with Gasteiger partial charge in [0.2, 0.25) is 0 Å². The number of nitrogens with zero attached hydrogens (tertiary/aromatic N) is 2.